The highest BCUT2D eigenvalue weighted by molar-refractivity contribution is 6.37. The molecular formula is C27H31Cl2N3O3. The Bertz CT molecular complexity index is 1240. The number of likely N-dealkylation sites (tertiary alicyclic amines) is 1. The predicted molar refractivity (Wildman–Crippen MR) is 141 cm³/mol. The summed E-state index contributed by atoms with van der Waals surface area (Å²) >= 11 is 12.2. The molecule has 1 aromatic heterocycles. The van der Waals surface area contributed by atoms with E-state index in [0.29, 0.717) is 34.6 Å². The smallest absolute Gasteiger partial charge is 0.231 e. The van der Waals surface area contributed by atoms with Crippen molar-refractivity contribution in [3.05, 3.63) is 63.3 Å². The fraction of sp³-hybridized carbons (Fsp3) is 0.407. The molecule has 8 heteroatoms. The van der Waals surface area contributed by atoms with Crippen LogP contribution in [0.5, 0.6) is 0 Å². The van der Waals surface area contributed by atoms with Crippen LogP contribution in [0, 0.1) is 0 Å². The van der Waals surface area contributed by atoms with Crippen LogP contribution in [0.1, 0.15) is 60.7 Å². The van der Waals surface area contributed by atoms with Gasteiger partial charge in [0.2, 0.25) is 11.7 Å². The van der Waals surface area contributed by atoms with E-state index in [2.05, 4.69) is 18.7 Å². The monoisotopic (exact) mass is 515 g/mol. The number of carbonyl (C=O) groups excluding carboxylic acids is 2. The van der Waals surface area contributed by atoms with Gasteiger partial charge in [-0.2, -0.15) is 0 Å². The molecule has 0 aliphatic carbocycles. The third kappa shape index (κ3) is 5.50. The van der Waals surface area contributed by atoms with Gasteiger partial charge < -0.3 is 20.0 Å². The van der Waals surface area contributed by atoms with Crippen molar-refractivity contribution < 1.29 is 14.0 Å². The lowest BCUT2D eigenvalue weighted by Gasteiger charge is -2.33. The number of piperidine rings is 1. The van der Waals surface area contributed by atoms with Crippen LogP contribution in [0.15, 0.2) is 40.8 Å². The van der Waals surface area contributed by atoms with Crippen LogP contribution in [-0.2, 0) is 4.79 Å². The van der Waals surface area contributed by atoms with Crippen molar-refractivity contribution in [1.82, 2.24) is 9.80 Å². The molecule has 2 aromatic carbocycles. The Morgan fingerprint density at radius 3 is 2.63 bits per heavy atom. The largest absolute Gasteiger partial charge is 0.450 e. The molecule has 1 saturated heterocycles. The van der Waals surface area contributed by atoms with Crippen molar-refractivity contribution >= 4 is 51.5 Å². The number of carbonyl (C=O) groups is 2. The van der Waals surface area contributed by atoms with Gasteiger partial charge in [0.1, 0.15) is 5.58 Å². The quantitative estimate of drug-likeness (QED) is 0.372. The number of hydrogen-bond acceptors (Lipinski definition) is 5. The van der Waals surface area contributed by atoms with Crippen LogP contribution < -0.4 is 5.73 Å². The van der Waals surface area contributed by atoms with Gasteiger partial charge in [-0.1, -0.05) is 43.1 Å². The van der Waals surface area contributed by atoms with Crippen molar-refractivity contribution in [2.24, 2.45) is 0 Å². The second-order valence-electron chi connectivity index (χ2n) is 9.01. The van der Waals surface area contributed by atoms with Crippen molar-refractivity contribution in [3.63, 3.8) is 0 Å². The Labute approximate surface area is 215 Å². The molecule has 0 radical (unpaired) electrons. The molecule has 4 rings (SSSR count). The van der Waals surface area contributed by atoms with Crippen molar-refractivity contribution in [1.29, 1.82) is 0 Å². The van der Waals surface area contributed by atoms with Gasteiger partial charge in [-0.15, -0.1) is 0 Å². The lowest BCUT2D eigenvalue weighted by Crippen LogP contribution is -2.40. The first kappa shape index (κ1) is 25.5. The van der Waals surface area contributed by atoms with Crippen LogP contribution in [0.25, 0.3) is 11.0 Å². The number of benzene rings is 2. The molecule has 2 N–H and O–H groups in total. The summed E-state index contributed by atoms with van der Waals surface area (Å²) in [5.74, 6) is 0.0992. The van der Waals surface area contributed by atoms with Crippen molar-refractivity contribution in [3.8, 4) is 0 Å². The van der Waals surface area contributed by atoms with Gasteiger partial charge in [0, 0.05) is 47.9 Å². The Balaban J connectivity index is 1.52. The normalized spacial score (nSPS) is 16.3. The molecule has 1 aliphatic rings. The van der Waals surface area contributed by atoms with Crippen LogP contribution >= 0.6 is 23.2 Å². The maximum Gasteiger partial charge on any atom is 0.231 e. The molecule has 1 aliphatic heterocycles. The van der Waals surface area contributed by atoms with Crippen LogP contribution in [0.3, 0.4) is 0 Å². The summed E-state index contributed by atoms with van der Waals surface area (Å²) in [6.07, 6.45) is 2.49. The molecule has 1 atom stereocenters. The molecule has 1 unspecified atom stereocenters. The highest BCUT2D eigenvalue weighted by Gasteiger charge is 2.27. The number of ketones is 1. The SMILES string of the molecule is CCN(CC)CCC(=O)N1CCCC(c2ccc3c(N)c(C(=O)c4ccc(Cl)cc4Cl)oc3c2)C1. The molecule has 0 saturated carbocycles. The first-order chi connectivity index (χ1) is 16.8. The minimum absolute atomic E-state index is 0.0678. The number of nitrogens with zero attached hydrogens (tertiary/aromatic N) is 2. The van der Waals surface area contributed by atoms with Gasteiger partial charge in [0.05, 0.1) is 10.7 Å². The maximum atomic E-state index is 13.1. The topological polar surface area (TPSA) is 79.8 Å². The van der Waals surface area contributed by atoms with E-state index in [9.17, 15) is 9.59 Å². The number of fused-ring (bicyclic) bond motifs is 1. The number of anilines is 1. The highest BCUT2D eigenvalue weighted by atomic mass is 35.5. The van der Waals surface area contributed by atoms with Gasteiger partial charge in [0.25, 0.3) is 0 Å². The van der Waals surface area contributed by atoms with Gasteiger partial charge >= 0.3 is 0 Å². The lowest BCUT2D eigenvalue weighted by atomic mass is 9.90. The molecule has 1 amide bonds. The van der Waals surface area contributed by atoms with E-state index in [1.807, 2.05) is 23.1 Å². The Hall–Kier alpha value is -2.54. The fourth-order valence-corrected chi connectivity index (χ4v) is 5.27. The fourth-order valence-electron chi connectivity index (χ4n) is 4.78. The van der Waals surface area contributed by atoms with Crippen molar-refractivity contribution in [2.45, 2.75) is 39.0 Å². The minimum Gasteiger partial charge on any atom is -0.450 e. The lowest BCUT2D eigenvalue weighted by molar-refractivity contribution is -0.132. The van der Waals surface area contributed by atoms with E-state index < -0.39 is 0 Å². The van der Waals surface area contributed by atoms with E-state index in [0.717, 1.165) is 44.6 Å². The molecule has 35 heavy (non-hydrogen) atoms. The standard InChI is InChI=1S/C27H31Cl2N3O3/c1-3-31(4-2)13-11-24(33)32-12-5-6-18(16-32)17-7-9-21-23(14-17)35-27(25(21)30)26(34)20-10-8-19(28)15-22(20)29/h7-10,14-15,18H,3-6,11-13,16,30H2,1-2H3. The summed E-state index contributed by atoms with van der Waals surface area (Å²) < 4.78 is 5.94. The van der Waals surface area contributed by atoms with Crippen LogP contribution in [-0.4, -0.2) is 54.2 Å². The van der Waals surface area contributed by atoms with Crippen LogP contribution in [0.2, 0.25) is 10.0 Å². The van der Waals surface area contributed by atoms with Gasteiger partial charge in [-0.3, -0.25) is 9.59 Å². The minimum atomic E-state index is -0.385. The zero-order chi connectivity index (χ0) is 25.1. The zero-order valence-electron chi connectivity index (χ0n) is 20.2. The highest BCUT2D eigenvalue weighted by Crippen LogP contribution is 2.35. The molecule has 0 spiro atoms. The second-order valence-corrected chi connectivity index (χ2v) is 9.85. The number of nitrogen functional groups attached to an aromatic ring is 1. The van der Waals surface area contributed by atoms with Gasteiger partial charge in [-0.05, 0) is 61.8 Å². The molecule has 186 valence electrons. The number of rotatable bonds is 8. The van der Waals surface area contributed by atoms with Crippen molar-refractivity contribution in [2.75, 3.05) is 38.5 Å². The number of amides is 1. The third-order valence-electron chi connectivity index (χ3n) is 6.92. The molecule has 3 aromatic rings. The third-order valence-corrected chi connectivity index (χ3v) is 7.46. The van der Waals surface area contributed by atoms with E-state index >= 15 is 0 Å². The summed E-state index contributed by atoms with van der Waals surface area (Å²) in [6, 6.07) is 10.6. The van der Waals surface area contributed by atoms with E-state index in [-0.39, 0.29) is 34.0 Å². The maximum absolute atomic E-state index is 13.1. The summed E-state index contributed by atoms with van der Waals surface area (Å²) in [7, 11) is 0. The van der Waals surface area contributed by atoms with E-state index in [4.69, 9.17) is 33.4 Å². The average molecular weight is 516 g/mol. The summed E-state index contributed by atoms with van der Waals surface area (Å²) in [5, 5.41) is 1.38. The molecule has 6 nitrogen and oxygen atoms in total. The molecule has 1 fully saturated rings. The van der Waals surface area contributed by atoms with Crippen LogP contribution in [0.4, 0.5) is 5.69 Å². The first-order valence-electron chi connectivity index (χ1n) is 12.1. The Kier molecular flexibility index (Phi) is 8.05. The Morgan fingerprint density at radius 1 is 1.14 bits per heavy atom. The summed E-state index contributed by atoms with van der Waals surface area (Å²) in [5.41, 5.74) is 8.50. The Morgan fingerprint density at radius 2 is 1.91 bits per heavy atom. The van der Waals surface area contributed by atoms with E-state index in [1.54, 1.807) is 12.1 Å². The molecular weight excluding hydrogens is 485 g/mol. The number of halogens is 2. The van der Waals surface area contributed by atoms with Gasteiger partial charge in [-0.25, -0.2) is 0 Å². The molecule has 0 bridgehead atoms. The number of hydrogen-bond donors (Lipinski definition) is 1. The zero-order valence-corrected chi connectivity index (χ0v) is 21.7. The van der Waals surface area contributed by atoms with E-state index in [1.165, 1.54) is 6.07 Å². The first-order valence-corrected chi connectivity index (χ1v) is 12.9. The predicted octanol–water partition coefficient (Wildman–Crippen LogP) is 5.99. The summed E-state index contributed by atoms with van der Waals surface area (Å²) in [4.78, 5) is 30.2. The average Bonchev–Trinajstić information content (AvgIpc) is 3.20. The summed E-state index contributed by atoms with van der Waals surface area (Å²) in [6.45, 7) is 8.41. The number of nitrogens with two attached hydrogens (primary N) is 1. The van der Waals surface area contributed by atoms with Gasteiger partial charge in [0.15, 0.2) is 5.76 Å². The number of furan rings is 1. The molecule has 2 heterocycles. The second kappa shape index (κ2) is 11.0.